The normalized spacial score (nSPS) is 16.0. The Bertz CT molecular complexity index is 1230. The van der Waals surface area contributed by atoms with Crippen LogP contribution in [0.4, 0.5) is 5.69 Å². The van der Waals surface area contributed by atoms with E-state index in [-0.39, 0.29) is 17.2 Å². The molecule has 33 heavy (non-hydrogen) atoms. The summed E-state index contributed by atoms with van der Waals surface area (Å²) in [6.07, 6.45) is 5.50. The second-order valence-corrected chi connectivity index (χ2v) is 11.5. The van der Waals surface area contributed by atoms with Crippen LogP contribution in [-0.2, 0) is 14.6 Å². The second kappa shape index (κ2) is 10.1. The van der Waals surface area contributed by atoms with Crippen molar-refractivity contribution < 1.29 is 13.2 Å². The first-order valence-corrected chi connectivity index (χ1v) is 13.1. The van der Waals surface area contributed by atoms with Gasteiger partial charge in [0, 0.05) is 49.2 Å². The number of nitrogens with zero attached hydrogens (tertiary/aromatic N) is 2. The molecule has 1 aliphatic heterocycles. The van der Waals surface area contributed by atoms with E-state index >= 15 is 0 Å². The van der Waals surface area contributed by atoms with E-state index < -0.39 is 15.1 Å². The molecular weight excluding hydrogens is 458 g/mol. The number of nitrogens with one attached hydrogen (secondary N) is 1. The largest absolute Gasteiger partial charge is 0.371 e. The topological polar surface area (TPSA) is 79.4 Å². The number of piperidine rings is 1. The highest BCUT2D eigenvalue weighted by molar-refractivity contribution is 7.92. The van der Waals surface area contributed by atoms with Crippen molar-refractivity contribution in [3.05, 3.63) is 65.9 Å². The molecule has 8 heteroatoms. The number of halogens is 1. The number of hydrogen-bond acceptors (Lipinski definition) is 5. The summed E-state index contributed by atoms with van der Waals surface area (Å²) in [7, 11) is -3.62. The van der Waals surface area contributed by atoms with Gasteiger partial charge in [0.1, 0.15) is 0 Å². The number of aromatic nitrogens is 1. The summed E-state index contributed by atoms with van der Waals surface area (Å²) in [5, 5.41) is 4.42. The van der Waals surface area contributed by atoms with Crippen LogP contribution in [0.5, 0.6) is 0 Å². The van der Waals surface area contributed by atoms with Gasteiger partial charge in [-0.1, -0.05) is 23.7 Å². The van der Waals surface area contributed by atoms with Crippen molar-refractivity contribution >= 4 is 43.8 Å². The van der Waals surface area contributed by atoms with Crippen molar-refractivity contribution in [1.82, 2.24) is 10.3 Å². The summed E-state index contributed by atoms with van der Waals surface area (Å²) in [6.45, 7) is 4.03. The maximum atomic E-state index is 13.0. The SMILES string of the molecule is CC(CC(=O)NCC1CCN(c2ccncc2)CC1)S(=O)(=O)c1ccc2cc(Cl)ccc2c1. The summed E-state index contributed by atoms with van der Waals surface area (Å²) in [5.41, 5.74) is 1.17. The van der Waals surface area contributed by atoms with E-state index in [0.717, 1.165) is 36.7 Å². The molecule has 1 unspecified atom stereocenters. The third-order valence-corrected chi connectivity index (χ3v) is 8.71. The molecule has 1 aromatic heterocycles. The van der Waals surface area contributed by atoms with Crippen molar-refractivity contribution in [2.75, 3.05) is 24.5 Å². The van der Waals surface area contributed by atoms with E-state index in [0.29, 0.717) is 17.5 Å². The average Bonchev–Trinajstić information content (AvgIpc) is 2.83. The van der Waals surface area contributed by atoms with Crippen LogP contribution in [-0.4, -0.2) is 44.2 Å². The number of anilines is 1. The standard InChI is InChI=1S/C25H28ClN3O3S/c1-18(33(31,32)24-5-3-20-15-22(26)4-2-21(20)16-24)14-25(30)28-17-19-8-12-29(13-9-19)23-6-10-27-11-7-23/h2-7,10-11,15-16,18-19H,8-9,12-14,17H2,1H3,(H,28,30). The number of rotatable bonds is 7. The van der Waals surface area contributed by atoms with Gasteiger partial charge in [-0.3, -0.25) is 9.78 Å². The van der Waals surface area contributed by atoms with E-state index in [1.807, 2.05) is 12.1 Å². The fourth-order valence-electron chi connectivity index (χ4n) is 4.26. The molecule has 2 heterocycles. The van der Waals surface area contributed by atoms with Crippen LogP contribution < -0.4 is 10.2 Å². The molecule has 1 aliphatic rings. The van der Waals surface area contributed by atoms with E-state index in [9.17, 15) is 13.2 Å². The van der Waals surface area contributed by atoms with E-state index in [1.165, 1.54) is 5.69 Å². The number of sulfone groups is 1. The first-order chi connectivity index (χ1) is 15.8. The Kier molecular flexibility index (Phi) is 7.20. The van der Waals surface area contributed by atoms with Crippen LogP contribution in [0.3, 0.4) is 0 Å². The zero-order valence-electron chi connectivity index (χ0n) is 18.6. The number of amides is 1. The minimum Gasteiger partial charge on any atom is -0.371 e. The second-order valence-electron chi connectivity index (χ2n) is 8.65. The predicted molar refractivity (Wildman–Crippen MR) is 132 cm³/mol. The molecule has 2 aromatic carbocycles. The fraction of sp³-hybridized carbons (Fsp3) is 0.360. The van der Waals surface area contributed by atoms with E-state index in [4.69, 9.17) is 11.6 Å². The molecular formula is C25H28ClN3O3S. The van der Waals surface area contributed by atoms with Gasteiger partial charge in [0.2, 0.25) is 5.91 Å². The molecule has 1 fully saturated rings. The van der Waals surface area contributed by atoms with Gasteiger partial charge in [0.05, 0.1) is 10.1 Å². The molecule has 0 aliphatic carbocycles. The van der Waals surface area contributed by atoms with Crippen LogP contribution in [0.2, 0.25) is 5.02 Å². The lowest BCUT2D eigenvalue weighted by molar-refractivity contribution is -0.121. The third kappa shape index (κ3) is 5.65. The summed E-state index contributed by atoms with van der Waals surface area (Å²) in [6, 6.07) is 14.3. The molecule has 6 nitrogen and oxygen atoms in total. The molecule has 0 saturated carbocycles. The average molecular weight is 486 g/mol. The van der Waals surface area contributed by atoms with E-state index in [1.54, 1.807) is 55.7 Å². The van der Waals surface area contributed by atoms with Crippen molar-refractivity contribution in [3.63, 3.8) is 0 Å². The van der Waals surface area contributed by atoms with Crippen molar-refractivity contribution in [2.45, 2.75) is 36.3 Å². The summed E-state index contributed by atoms with van der Waals surface area (Å²) in [4.78, 5) is 19.1. The Hall–Kier alpha value is -2.64. The fourth-order valence-corrected chi connectivity index (χ4v) is 5.82. The van der Waals surface area contributed by atoms with Crippen LogP contribution in [0.15, 0.2) is 65.8 Å². The molecule has 1 saturated heterocycles. The number of benzene rings is 2. The molecule has 0 bridgehead atoms. The zero-order valence-corrected chi connectivity index (χ0v) is 20.1. The number of carbonyl (C=O) groups excluding carboxylic acids is 1. The maximum Gasteiger partial charge on any atom is 0.221 e. The van der Waals surface area contributed by atoms with Crippen LogP contribution in [0.1, 0.15) is 26.2 Å². The van der Waals surface area contributed by atoms with E-state index in [2.05, 4.69) is 15.2 Å². The van der Waals surface area contributed by atoms with Crippen molar-refractivity contribution in [2.24, 2.45) is 5.92 Å². The van der Waals surface area contributed by atoms with Gasteiger partial charge in [-0.05, 0) is 72.9 Å². The Balaban J connectivity index is 1.29. The number of pyridine rings is 1. The summed E-state index contributed by atoms with van der Waals surface area (Å²) >= 11 is 6.01. The Morgan fingerprint density at radius 2 is 1.76 bits per heavy atom. The molecule has 1 N–H and O–H groups in total. The quantitative estimate of drug-likeness (QED) is 0.534. The molecule has 1 atom stereocenters. The lowest BCUT2D eigenvalue weighted by Gasteiger charge is -2.33. The van der Waals surface area contributed by atoms with Gasteiger partial charge in [0.25, 0.3) is 0 Å². The van der Waals surface area contributed by atoms with Gasteiger partial charge in [-0.25, -0.2) is 8.42 Å². The molecule has 0 radical (unpaired) electrons. The van der Waals surface area contributed by atoms with Gasteiger partial charge >= 0.3 is 0 Å². The first-order valence-electron chi connectivity index (χ1n) is 11.2. The van der Waals surface area contributed by atoms with Gasteiger partial charge in [-0.2, -0.15) is 0 Å². The smallest absolute Gasteiger partial charge is 0.221 e. The van der Waals surface area contributed by atoms with Gasteiger partial charge in [-0.15, -0.1) is 0 Å². The lowest BCUT2D eigenvalue weighted by Crippen LogP contribution is -2.39. The minimum absolute atomic E-state index is 0.0587. The third-order valence-electron chi connectivity index (χ3n) is 6.34. The molecule has 174 valence electrons. The minimum atomic E-state index is -3.62. The monoisotopic (exact) mass is 485 g/mol. The number of fused-ring (bicyclic) bond motifs is 1. The molecule has 1 amide bonds. The highest BCUT2D eigenvalue weighted by atomic mass is 35.5. The van der Waals surface area contributed by atoms with Crippen molar-refractivity contribution in [3.8, 4) is 0 Å². The Labute approximate surface area is 199 Å². The van der Waals surface area contributed by atoms with Gasteiger partial charge < -0.3 is 10.2 Å². The first kappa shape index (κ1) is 23.5. The highest BCUT2D eigenvalue weighted by Crippen LogP contribution is 2.26. The zero-order chi connectivity index (χ0) is 23.4. The maximum absolute atomic E-state index is 13.0. The number of carbonyl (C=O) groups is 1. The van der Waals surface area contributed by atoms with Gasteiger partial charge in [0.15, 0.2) is 9.84 Å². The summed E-state index contributed by atoms with van der Waals surface area (Å²) in [5.74, 6) is 0.168. The Morgan fingerprint density at radius 1 is 1.09 bits per heavy atom. The Morgan fingerprint density at radius 3 is 2.48 bits per heavy atom. The predicted octanol–water partition coefficient (Wildman–Crippen LogP) is 4.47. The molecule has 3 aromatic rings. The molecule has 4 rings (SSSR count). The number of hydrogen-bond donors (Lipinski definition) is 1. The highest BCUT2D eigenvalue weighted by Gasteiger charge is 2.27. The van der Waals surface area contributed by atoms with Crippen LogP contribution >= 0.6 is 11.6 Å². The summed E-state index contributed by atoms with van der Waals surface area (Å²) < 4.78 is 26.1. The van der Waals surface area contributed by atoms with Crippen LogP contribution in [0, 0.1) is 5.92 Å². The lowest BCUT2D eigenvalue weighted by atomic mass is 9.96. The molecule has 0 spiro atoms. The van der Waals surface area contributed by atoms with Crippen molar-refractivity contribution in [1.29, 1.82) is 0 Å². The van der Waals surface area contributed by atoms with Crippen LogP contribution in [0.25, 0.3) is 10.8 Å².